The van der Waals surface area contributed by atoms with Crippen molar-refractivity contribution in [2.45, 2.75) is 44.4 Å². The van der Waals surface area contributed by atoms with Crippen LogP contribution in [0.25, 0.3) is 11.0 Å². The van der Waals surface area contributed by atoms with Gasteiger partial charge in [-0.15, -0.1) is 0 Å². The molecular weight excluding hydrogens is 364 g/mol. The van der Waals surface area contributed by atoms with E-state index in [1.54, 1.807) is 0 Å². The maximum Gasteiger partial charge on any atom is 0.316 e. The summed E-state index contributed by atoms with van der Waals surface area (Å²) in [6.45, 7) is 2.22. The zero-order valence-electron chi connectivity index (χ0n) is 16.7. The number of hydrogen-bond acceptors (Lipinski definition) is 4. The van der Waals surface area contributed by atoms with Gasteiger partial charge in [0, 0.05) is 5.56 Å². The van der Waals surface area contributed by atoms with Gasteiger partial charge in [0.05, 0.1) is 12.0 Å². The number of hydrogen-bond donors (Lipinski definition) is 0. The van der Waals surface area contributed by atoms with Crippen molar-refractivity contribution in [3.63, 3.8) is 0 Å². The molecule has 0 N–H and O–H groups in total. The molecule has 0 amide bonds. The molecule has 4 heteroatoms. The number of rotatable bonds is 2. The lowest BCUT2D eigenvalue weighted by Crippen LogP contribution is -2.38. The fourth-order valence-corrected chi connectivity index (χ4v) is 8.88. The van der Waals surface area contributed by atoms with E-state index in [0.717, 1.165) is 29.2 Å². The second kappa shape index (κ2) is 5.53. The van der Waals surface area contributed by atoms with E-state index in [0.29, 0.717) is 35.2 Å². The van der Waals surface area contributed by atoms with Gasteiger partial charge in [0.25, 0.3) is 0 Å². The van der Waals surface area contributed by atoms with Gasteiger partial charge in [-0.1, -0.05) is 12.1 Å². The van der Waals surface area contributed by atoms with Crippen molar-refractivity contribution in [3.05, 3.63) is 45.8 Å². The van der Waals surface area contributed by atoms with Crippen molar-refractivity contribution in [2.75, 3.05) is 6.61 Å². The van der Waals surface area contributed by atoms with Crippen LogP contribution in [-0.4, -0.2) is 12.6 Å². The molecule has 1 heterocycles. The van der Waals surface area contributed by atoms with E-state index in [9.17, 15) is 9.59 Å². The molecule has 150 valence electrons. The van der Waals surface area contributed by atoms with Gasteiger partial charge in [-0.3, -0.25) is 9.59 Å². The Balaban J connectivity index is 1.45. The van der Waals surface area contributed by atoms with Crippen LogP contribution < -0.4 is 5.43 Å². The Morgan fingerprint density at radius 1 is 1.07 bits per heavy atom. The van der Waals surface area contributed by atoms with Crippen molar-refractivity contribution in [3.8, 4) is 0 Å². The average molecular weight is 390 g/mol. The fraction of sp³-hybridized carbons (Fsp3) is 0.600. The van der Waals surface area contributed by atoms with Gasteiger partial charge in [-0.05, 0) is 92.1 Å². The van der Waals surface area contributed by atoms with Gasteiger partial charge in [0.15, 0.2) is 5.43 Å². The molecule has 1 aromatic heterocycles. The minimum absolute atomic E-state index is 0.0934. The molecule has 1 aromatic carbocycles. The Hall–Kier alpha value is -2.10. The van der Waals surface area contributed by atoms with Crippen molar-refractivity contribution in [2.24, 2.45) is 41.4 Å². The van der Waals surface area contributed by atoms with E-state index in [2.05, 4.69) is 0 Å². The maximum atomic E-state index is 13.6. The van der Waals surface area contributed by atoms with Crippen molar-refractivity contribution >= 4 is 16.9 Å². The zero-order valence-corrected chi connectivity index (χ0v) is 16.7. The Morgan fingerprint density at radius 3 is 2.62 bits per heavy atom. The first-order chi connectivity index (χ1) is 14.2. The smallest absolute Gasteiger partial charge is 0.316 e. The predicted octanol–water partition coefficient (Wildman–Crippen LogP) is 4.47. The average Bonchev–Trinajstić information content (AvgIpc) is 3.50. The van der Waals surface area contributed by atoms with Crippen molar-refractivity contribution in [1.29, 1.82) is 0 Å². The largest absolute Gasteiger partial charge is 0.465 e. The molecule has 7 rings (SSSR count). The van der Waals surface area contributed by atoms with Crippen molar-refractivity contribution in [1.82, 2.24) is 0 Å². The number of fused-ring (bicyclic) bond motifs is 15. The Bertz CT molecular complexity index is 1100. The molecule has 0 spiro atoms. The highest BCUT2D eigenvalue weighted by Crippen LogP contribution is 2.75. The monoisotopic (exact) mass is 390 g/mol. The third-order valence-corrected chi connectivity index (χ3v) is 9.35. The number of benzene rings is 1. The normalized spacial score (nSPS) is 42.9. The number of ether oxygens (including phenoxy) is 1. The van der Waals surface area contributed by atoms with E-state index in [1.807, 2.05) is 31.2 Å². The van der Waals surface area contributed by atoms with Crippen LogP contribution in [0.1, 0.15) is 55.8 Å². The number of carbonyl (C=O) groups excluding carboxylic acids is 1. The molecule has 0 aliphatic heterocycles. The van der Waals surface area contributed by atoms with Crippen LogP contribution in [0.4, 0.5) is 0 Å². The highest BCUT2D eigenvalue weighted by atomic mass is 16.5. The molecule has 4 bridgehead atoms. The lowest BCUT2D eigenvalue weighted by Gasteiger charge is -2.41. The molecule has 0 saturated heterocycles. The molecule has 4 nitrogen and oxygen atoms in total. The molecule has 0 radical (unpaired) electrons. The topological polar surface area (TPSA) is 56.5 Å². The molecule has 4 fully saturated rings. The zero-order chi connectivity index (χ0) is 19.4. The number of esters is 1. The standard InChI is InChI=1S/C25H26O4/c1-2-28-25(27)22-20-15-10-14(17-11-7-8-12(9-11)18(15)17)19(20)21-23(26)13-5-3-4-6-16(13)29-24(21)22/h3-6,11-12,14-15,17-20,22H,2,7-10H2,1H3/t11-,12+,14-,15+,17-,18+,19-,20+,22-/m1/s1. The molecule has 9 atom stereocenters. The third kappa shape index (κ3) is 1.87. The fourth-order valence-electron chi connectivity index (χ4n) is 8.88. The second-order valence-corrected chi connectivity index (χ2v) is 10.1. The lowest BCUT2D eigenvalue weighted by atomic mass is 9.62. The second-order valence-electron chi connectivity index (χ2n) is 10.1. The van der Waals surface area contributed by atoms with E-state index in [4.69, 9.17) is 9.15 Å². The predicted molar refractivity (Wildman–Crippen MR) is 107 cm³/mol. The van der Waals surface area contributed by atoms with E-state index in [-0.39, 0.29) is 23.2 Å². The lowest BCUT2D eigenvalue weighted by molar-refractivity contribution is -0.147. The summed E-state index contributed by atoms with van der Waals surface area (Å²) in [7, 11) is 0. The minimum Gasteiger partial charge on any atom is -0.465 e. The van der Waals surface area contributed by atoms with E-state index >= 15 is 0 Å². The summed E-state index contributed by atoms with van der Waals surface area (Å²) >= 11 is 0. The Labute approximate surface area is 169 Å². The van der Waals surface area contributed by atoms with Gasteiger partial charge in [0.2, 0.25) is 0 Å². The van der Waals surface area contributed by atoms with Gasteiger partial charge in [-0.2, -0.15) is 0 Å². The first-order valence-corrected chi connectivity index (χ1v) is 11.4. The van der Waals surface area contributed by atoms with Crippen LogP contribution in [0.2, 0.25) is 0 Å². The summed E-state index contributed by atoms with van der Waals surface area (Å²) in [6, 6.07) is 7.49. The van der Waals surface area contributed by atoms with E-state index < -0.39 is 5.92 Å². The van der Waals surface area contributed by atoms with Crippen LogP contribution in [0.5, 0.6) is 0 Å². The molecule has 5 aliphatic carbocycles. The van der Waals surface area contributed by atoms with Crippen LogP contribution >= 0.6 is 0 Å². The minimum atomic E-state index is -0.401. The van der Waals surface area contributed by atoms with E-state index in [1.165, 1.54) is 25.7 Å². The first-order valence-electron chi connectivity index (χ1n) is 11.4. The highest BCUT2D eigenvalue weighted by Gasteiger charge is 2.70. The number of carbonyl (C=O) groups is 1. The summed E-state index contributed by atoms with van der Waals surface area (Å²) in [5.74, 6) is 4.73. The molecule has 0 unspecified atom stereocenters. The van der Waals surface area contributed by atoms with Crippen LogP contribution in [0, 0.1) is 41.4 Å². The molecular formula is C25H26O4. The van der Waals surface area contributed by atoms with Gasteiger partial charge in [0.1, 0.15) is 17.3 Å². The summed E-state index contributed by atoms with van der Waals surface area (Å²) in [4.78, 5) is 26.7. The quantitative estimate of drug-likeness (QED) is 0.561. The number of para-hydroxylation sites is 1. The van der Waals surface area contributed by atoms with Gasteiger partial charge in [-0.25, -0.2) is 0 Å². The summed E-state index contributed by atoms with van der Waals surface area (Å²) < 4.78 is 11.8. The van der Waals surface area contributed by atoms with Crippen LogP contribution in [-0.2, 0) is 9.53 Å². The van der Waals surface area contributed by atoms with Crippen molar-refractivity contribution < 1.29 is 13.9 Å². The Kier molecular flexibility index (Phi) is 3.18. The summed E-state index contributed by atoms with van der Waals surface area (Å²) in [6.07, 6.45) is 5.31. The summed E-state index contributed by atoms with van der Waals surface area (Å²) in [5.41, 5.74) is 1.51. The first kappa shape index (κ1) is 16.7. The Morgan fingerprint density at radius 2 is 1.83 bits per heavy atom. The van der Waals surface area contributed by atoms with Gasteiger partial charge >= 0.3 is 5.97 Å². The SMILES string of the molecule is CCOC(=O)[C@H]1c2oc3ccccc3c(=O)c2[C@@H]2[C@@H]3C[C@@H]([C@@H]4[C@H]5CC[C@H](C5)[C@H]34)[C@@H]21. The molecule has 29 heavy (non-hydrogen) atoms. The van der Waals surface area contributed by atoms with Crippen LogP contribution in [0.3, 0.4) is 0 Å². The molecule has 5 aliphatic rings. The molecule has 2 aromatic rings. The maximum absolute atomic E-state index is 13.6. The van der Waals surface area contributed by atoms with Crippen LogP contribution in [0.15, 0.2) is 33.5 Å². The highest BCUT2D eigenvalue weighted by molar-refractivity contribution is 5.83. The summed E-state index contributed by atoms with van der Waals surface area (Å²) in [5, 5.41) is 0.654. The third-order valence-electron chi connectivity index (χ3n) is 9.35. The van der Waals surface area contributed by atoms with Gasteiger partial charge < -0.3 is 9.15 Å². The molecule has 4 saturated carbocycles.